The highest BCUT2D eigenvalue weighted by atomic mass is 16.3. The quantitative estimate of drug-likeness (QED) is 0.173. The lowest BCUT2D eigenvalue weighted by Crippen LogP contribution is -2.12. The van der Waals surface area contributed by atoms with Gasteiger partial charge in [0.05, 0.1) is 22.1 Å². The smallest absolute Gasteiger partial charge is 0.145 e. The Morgan fingerprint density at radius 2 is 1.06 bits per heavy atom. The van der Waals surface area contributed by atoms with Crippen LogP contribution in [0.15, 0.2) is 180 Å². The number of aromatic nitrogens is 1. The van der Waals surface area contributed by atoms with Gasteiger partial charge in [0.25, 0.3) is 0 Å². The van der Waals surface area contributed by atoms with E-state index in [1.807, 2.05) is 0 Å². The van der Waals surface area contributed by atoms with Crippen LogP contribution in [-0.2, 0) is 0 Å². The first kappa shape index (κ1) is 31.9. The summed E-state index contributed by atoms with van der Waals surface area (Å²) in [4.78, 5) is 2.42. The van der Waals surface area contributed by atoms with E-state index in [0.29, 0.717) is 0 Å². The molecule has 10 aromatic rings. The fourth-order valence-electron chi connectivity index (χ4n) is 8.57. The van der Waals surface area contributed by atoms with Crippen molar-refractivity contribution in [2.45, 2.75) is 20.8 Å². The van der Waals surface area contributed by atoms with E-state index in [0.717, 1.165) is 55.8 Å². The van der Waals surface area contributed by atoms with Gasteiger partial charge < -0.3 is 13.9 Å². The molecule has 0 unspecified atom stereocenters. The molecule has 2 aromatic heterocycles. The van der Waals surface area contributed by atoms with Crippen LogP contribution in [0.2, 0.25) is 0 Å². The fraction of sp³-hybridized carbons (Fsp3) is 0.0588. The Hall–Kier alpha value is -6.84. The lowest BCUT2D eigenvalue weighted by Gasteiger charge is -2.29. The molecule has 3 nitrogen and oxygen atoms in total. The molecule has 3 heteroatoms. The Kier molecular flexibility index (Phi) is 7.48. The van der Waals surface area contributed by atoms with Crippen molar-refractivity contribution in [3.63, 3.8) is 0 Å². The minimum Gasteiger partial charge on any atom is -0.455 e. The monoisotopic (exact) mass is 694 g/mol. The molecule has 0 fully saturated rings. The molecule has 0 aliphatic rings. The molecule has 0 saturated heterocycles. The van der Waals surface area contributed by atoms with Gasteiger partial charge in [-0.3, -0.25) is 0 Å². The third-order valence-corrected chi connectivity index (χ3v) is 11.0. The fourth-order valence-corrected chi connectivity index (χ4v) is 8.57. The van der Waals surface area contributed by atoms with E-state index in [1.165, 1.54) is 49.6 Å². The van der Waals surface area contributed by atoms with Crippen LogP contribution in [0, 0.1) is 20.8 Å². The molecule has 0 bridgehead atoms. The van der Waals surface area contributed by atoms with E-state index < -0.39 is 0 Å². The van der Waals surface area contributed by atoms with Crippen LogP contribution in [0.4, 0.5) is 17.1 Å². The van der Waals surface area contributed by atoms with Crippen molar-refractivity contribution in [1.82, 2.24) is 4.57 Å². The number of fused-ring (bicyclic) bond motifs is 6. The molecule has 0 radical (unpaired) electrons. The Balaban J connectivity index is 1.17. The second-order valence-corrected chi connectivity index (χ2v) is 14.3. The maximum absolute atomic E-state index is 6.84. The van der Waals surface area contributed by atoms with Gasteiger partial charge in [-0.15, -0.1) is 0 Å². The third kappa shape index (κ3) is 5.04. The van der Waals surface area contributed by atoms with Gasteiger partial charge in [0.15, 0.2) is 0 Å². The summed E-state index contributed by atoms with van der Waals surface area (Å²) >= 11 is 0. The van der Waals surface area contributed by atoms with Crippen molar-refractivity contribution in [3.8, 4) is 27.9 Å². The highest BCUT2D eigenvalue weighted by Gasteiger charge is 2.24. The predicted octanol–water partition coefficient (Wildman–Crippen LogP) is 14.4. The van der Waals surface area contributed by atoms with E-state index in [-0.39, 0.29) is 0 Å². The van der Waals surface area contributed by atoms with Crippen molar-refractivity contribution >= 4 is 60.8 Å². The molecular formula is C51H38N2O. The average Bonchev–Trinajstić information content (AvgIpc) is 3.76. The molecule has 0 amide bonds. The number of para-hydroxylation sites is 4. The third-order valence-electron chi connectivity index (χ3n) is 11.0. The number of hydrogen-bond acceptors (Lipinski definition) is 2. The maximum Gasteiger partial charge on any atom is 0.145 e. The van der Waals surface area contributed by atoms with Crippen molar-refractivity contribution in [2.75, 3.05) is 4.90 Å². The summed E-state index contributed by atoms with van der Waals surface area (Å²) in [6, 6.07) is 63.2. The number of benzene rings is 8. The number of aryl methyl sites for hydroxylation is 3. The summed E-state index contributed by atoms with van der Waals surface area (Å²) in [7, 11) is 0. The second kappa shape index (κ2) is 12.7. The Morgan fingerprint density at radius 1 is 0.463 bits per heavy atom. The molecule has 8 aromatic carbocycles. The Labute approximate surface area is 315 Å². The van der Waals surface area contributed by atoms with Gasteiger partial charge in [-0.2, -0.15) is 0 Å². The standard InChI is InChI=1S/C51H38N2O/c1-33-15-7-11-21-44(33)53(39-31-34(2)49(35(3)32-39)37-16-5-4-6-17-37)47-30-29-40(51-50(47)43-20-10-14-24-48(43)54-51)36-25-27-38(28-26-36)52-45-22-12-8-18-41(45)42-19-9-13-23-46(42)52/h4-32H,1-3H3. The predicted molar refractivity (Wildman–Crippen MR) is 228 cm³/mol. The Bertz CT molecular complexity index is 2940. The summed E-state index contributed by atoms with van der Waals surface area (Å²) in [6.07, 6.45) is 0. The van der Waals surface area contributed by atoms with Gasteiger partial charge >= 0.3 is 0 Å². The average molecular weight is 695 g/mol. The zero-order chi connectivity index (χ0) is 36.3. The normalized spacial score (nSPS) is 11.6. The van der Waals surface area contributed by atoms with E-state index in [1.54, 1.807) is 0 Å². The zero-order valence-electron chi connectivity index (χ0n) is 30.5. The maximum atomic E-state index is 6.84. The van der Waals surface area contributed by atoms with Gasteiger partial charge in [0.2, 0.25) is 0 Å². The van der Waals surface area contributed by atoms with Crippen LogP contribution in [-0.4, -0.2) is 4.57 Å². The van der Waals surface area contributed by atoms with Crippen LogP contribution in [0.3, 0.4) is 0 Å². The van der Waals surface area contributed by atoms with Gasteiger partial charge in [-0.1, -0.05) is 115 Å². The zero-order valence-corrected chi connectivity index (χ0v) is 30.5. The van der Waals surface area contributed by atoms with Gasteiger partial charge in [-0.05, 0) is 115 Å². The van der Waals surface area contributed by atoms with Crippen molar-refractivity contribution in [2.24, 2.45) is 0 Å². The van der Waals surface area contributed by atoms with Crippen LogP contribution in [0.1, 0.15) is 16.7 Å². The lowest BCUT2D eigenvalue weighted by atomic mass is 9.94. The summed E-state index contributed by atoms with van der Waals surface area (Å²) in [5.74, 6) is 0. The second-order valence-electron chi connectivity index (χ2n) is 14.3. The first-order valence-electron chi connectivity index (χ1n) is 18.6. The largest absolute Gasteiger partial charge is 0.455 e. The highest BCUT2D eigenvalue weighted by Crippen LogP contribution is 2.48. The molecule has 2 heterocycles. The van der Waals surface area contributed by atoms with Crippen LogP contribution >= 0.6 is 0 Å². The molecule has 0 saturated carbocycles. The number of hydrogen-bond donors (Lipinski definition) is 0. The van der Waals surface area contributed by atoms with Crippen molar-refractivity contribution < 1.29 is 4.42 Å². The first-order valence-corrected chi connectivity index (χ1v) is 18.6. The minimum atomic E-state index is 0.875. The highest BCUT2D eigenvalue weighted by molar-refractivity contribution is 6.17. The summed E-state index contributed by atoms with van der Waals surface area (Å²) in [5, 5.41) is 4.71. The van der Waals surface area contributed by atoms with E-state index in [9.17, 15) is 0 Å². The molecule has 0 atom stereocenters. The summed E-state index contributed by atoms with van der Waals surface area (Å²) in [5.41, 5.74) is 17.0. The molecule has 0 N–H and O–H groups in total. The number of furan rings is 1. The van der Waals surface area contributed by atoms with Gasteiger partial charge in [0.1, 0.15) is 11.2 Å². The van der Waals surface area contributed by atoms with Crippen LogP contribution in [0.25, 0.3) is 71.7 Å². The number of rotatable bonds is 6. The number of anilines is 3. The molecule has 10 rings (SSSR count). The van der Waals surface area contributed by atoms with Crippen molar-refractivity contribution in [3.05, 3.63) is 193 Å². The SMILES string of the molecule is Cc1ccccc1N(c1cc(C)c(-c2ccccc2)c(C)c1)c1ccc(-c2ccc(-n3c4ccccc4c4ccccc43)cc2)c2oc3ccccc3c12. The summed E-state index contributed by atoms with van der Waals surface area (Å²) in [6.45, 7) is 6.64. The minimum absolute atomic E-state index is 0.875. The van der Waals surface area contributed by atoms with Gasteiger partial charge in [-0.25, -0.2) is 0 Å². The van der Waals surface area contributed by atoms with E-state index in [2.05, 4.69) is 206 Å². The number of nitrogens with zero attached hydrogens (tertiary/aromatic N) is 2. The van der Waals surface area contributed by atoms with Crippen molar-refractivity contribution in [1.29, 1.82) is 0 Å². The van der Waals surface area contributed by atoms with Crippen LogP contribution < -0.4 is 4.90 Å². The molecule has 0 aliphatic carbocycles. The molecule has 0 aliphatic heterocycles. The summed E-state index contributed by atoms with van der Waals surface area (Å²) < 4.78 is 9.20. The topological polar surface area (TPSA) is 21.3 Å². The van der Waals surface area contributed by atoms with E-state index >= 15 is 0 Å². The molecule has 258 valence electrons. The molecule has 0 spiro atoms. The molecule has 54 heavy (non-hydrogen) atoms. The van der Waals surface area contributed by atoms with E-state index in [4.69, 9.17) is 4.42 Å². The van der Waals surface area contributed by atoms with Crippen LogP contribution in [0.5, 0.6) is 0 Å². The molecular weight excluding hydrogens is 657 g/mol. The first-order chi connectivity index (χ1) is 26.5. The van der Waals surface area contributed by atoms with Gasteiger partial charge in [0, 0.05) is 38.8 Å². The Morgan fingerprint density at radius 3 is 1.74 bits per heavy atom. The lowest BCUT2D eigenvalue weighted by molar-refractivity contribution is 0.670.